The molecule has 1 rings (SSSR count). The van der Waals surface area contributed by atoms with Crippen molar-refractivity contribution in [1.29, 1.82) is 0 Å². The molecular formula is C12H18BrN3O4S. The molecule has 0 fully saturated rings. The zero-order valence-corrected chi connectivity index (χ0v) is 14.5. The minimum Gasteiger partial charge on any atom is -0.309 e. The fraction of sp³-hybridized carbons (Fsp3) is 0.500. The maximum atomic E-state index is 12.5. The van der Waals surface area contributed by atoms with Gasteiger partial charge in [0, 0.05) is 24.1 Å². The fourth-order valence-electron chi connectivity index (χ4n) is 1.74. The molecular weight excluding hydrogens is 362 g/mol. The maximum absolute atomic E-state index is 12.5. The van der Waals surface area contributed by atoms with Crippen molar-refractivity contribution in [2.24, 2.45) is 0 Å². The largest absolute Gasteiger partial charge is 0.309 e. The number of nitrogens with zero attached hydrogens (tertiary/aromatic N) is 3. The summed E-state index contributed by atoms with van der Waals surface area (Å²) in [6.45, 7) is 1.03. The molecule has 1 aromatic carbocycles. The molecule has 21 heavy (non-hydrogen) atoms. The van der Waals surface area contributed by atoms with Crippen LogP contribution in [0.25, 0.3) is 0 Å². The smallest absolute Gasteiger partial charge is 0.289 e. The minimum absolute atomic E-state index is 0.296. The quantitative estimate of drug-likeness (QED) is 0.533. The highest BCUT2D eigenvalue weighted by Gasteiger charge is 2.29. The first kappa shape index (κ1) is 18.0. The van der Waals surface area contributed by atoms with Crippen molar-refractivity contribution < 1.29 is 13.3 Å². The lowest BCUT2D eigenvalue weighted by molar-refractivity contribution is -0.387. The summed E-state index contributed by atoms with van der Waals surface area (Å²) in [4.78, 5) is 12.0. The van der Waals surface area contributed by atoms with Crippen molar-refractivity contribution in [2.75, 3.05) is 34.2 Å². The van der Waals surface area contributed by atoms with Crippen LogP contribution in [-0.4, -0.2) is 56.8 Å². The van der Waals surface area contributed by atoms with Gasteiger partial charge in [-0.2, -0.15) is 0 Å². The Morgan fingerprint density at radius 3 is 2.38 bits per heavy atom. The molecule has 0 amide bonds. The van der Waals surface area contributed by atoms with Crippen LogP contribution in [0.4, 0.5) is 5.69 Å². The third-order valence-corrected chi connectivity index (χ3v) is 5.26. The molecule has 0 radical (unpaired) electrons. The van der Waals surface area contributed by atoms with E-state index in [1.165, 1.54) is 25.2 Å². The third-order valence-electron chi connectivity index (χ3n) is 2.89. The Hall–Kier alpha value is -1.03. The molecule has 0 aliphatic rings. The van der Waals surface area contributed by atoms with E-state index in [4.69, 9.17) is 0 Å². The molecule has 0 unspecified atom stereocenters. The van der Waals surface area contributed by atoms with Crippen LogP contribution in [0.3, 0.4) is 0 Å². The Bertz CT molecular complexity index is 619. The van der Waals surface area contributed by atoms with Gasteiger partial charge in [0.15, 0.2) is 4.90 Å². The molecule has 0 atom stereocenters. The number of nitro groups is 1. The summed E-state index contributed by atoms with van der Waals surface area (Å²) in [6.07, 6.45) is 0.643. The van der Waals surface area contributed by atoms with Gasteiger partial charge in [0.1, 0.15) is 0 Å². The first-order valence-corrected chi connectivity index (χ1v) is 8.44. The minimum atomic E-state index is -3.89. The van der Waals surface area contributed by atoms with Crippen LogP contribution in [0, 0.1) is 10.1 Å². The van der Waals surface area contributed by atoms with Crippen LogP contribution >= 0.6 is 15.9 Å². The van der Waals surface area contributed by atoms with Gasteiger partial charge in [0.25, 0.3) is 5.69 Å². The van der Waals surface area contributed by atoms with Crippen LogP contribution in [0.2, 0.25) is 0 Å². The van der Waals surface area contributed by atoms with E-state index in [-0.39, 0.29) is 4.90 Å². The summed E-state index contributed by atoms with van der Waals surface area (Å²) in [7, 11) is 1.33. The summed E-state index contributed by atoms with van der Waals surface area (Å²) in [5.41, 5.74) is -0.419. The average Bonchev–Trinajstić information content (AvgIpc) is 2.37. The SMILES string of the molecule is CN(C)CCCN(C)S(=O)(=O)c1cc(Br)ccc1[N+](=O)[O-]. The Morgan fingerprint density at radius 2 is 1.86 bits per heavy atom. The molecule has 0 heterocycles. The lowest BCUT2D eigenvalue weighted by atomic mass is 10.3. The van der Waals surface area contributed by atoms with Crippen molar-refractivity contribution >= 4 is 31.6 Å². The highest BCUT2D eigenvalue weighted by molar-refractivity contribution is 9.10. The van der Waals surface area contributed by atoms with Gasteiger partial charge in [-0.05, 0) is 39.2 Å². The number of benzene rings is 1. The van der Waals surface area contributed by atoms with Gasteiger partial charge in [0.2, 0.25) is 10.0 Å². The molecule has 1 aromatic rings. The summed E-state index contributed by atoms with van der Waals surface area (Å²) in [6, 6.07) is 3.89. The van der Waals surface area contributed by atoms with E-state index in [0.29, 0.717) is 17.4 Å². The molecule has 0 saturated carbocycles. The molecule has 0 N–H and O–H groups in total. The highest BCUT2D eigenvalue weighted by atomic mass is 79.9. The van der Waals surface area contributed by atoms with Crippen LogP contribution in [-0.2, 0) is 10.0 Å². The van der Waals surface area contributed by atoms with Crippen LogP contribution in [0.15, 0.2) is 27.6 Å². The highest BCUT2D eigenvalue weighted by Crippen LogP contribution is 2.29. The lowest BCUT2D eigenvalue weighted by Gasteiger charge is -2.18. The average molecular weight is 380 g/mol. The van der Waals surface area contributed by atoms with Crippen LogP contribution in [0.5, 0.6) is 0 Å². The Labute approximate surface area is 132 Å². The number of nitro benzene ring substituents is 1. The van der Waals surface area contributed by atoms with Crippen molar-refractivity contribution in [3.63, 3.8) is 0 Å². The summed E-state index contributed by atoms with van der Waals surface area (Å²) >= 11 is 3.15. The predicted molar refractivity (Wildman–Crippen MR) is 83.8 cm³/mol. The summed E-state index contributed by atoms with van der Waals surface area (Å²) in [5.74, 6) is 0. The van der Waals surface area contributed by atoms with E-state index in [1.807, 2.05) is 19.0 Å². The molecule has 7 nitrogen and oxygen atoms in total. The van der Waals surface area contributed by atoms with E-state index >= 15 is 0 Å². The van der Waals surface area contributed by atoms with Crippen LogP contribution in [0.1, 0.15) is 6.42 Å². The number of hydrogen-bond acceptors (Lipinski definition) is 5. The normalized spacial score (nSPS) is 12.1. The molecule has 0 aliphatic carbocycles. The molecule has 9 heteroatoms. The van der Waals surface area contributed by atoms with Gasteiger partial charge < -0.3 is 4.90 Å². The number of rotatable bonds is 7. The maximum Gasteiger partial charge on any atom is 0.289 e. The second kappa shape index (κ2) is 7.30. The second-order valence-electron chi connectivity index (χ2n) is 4.85. The zero-order valence-electron chi connectivity index (χ0n) is 12.1. The van der Waals surface area contributed by atoms with Gasteiger partial charge >= 0.3 is 0 Å². The van der Waals surface area contributed by atoms with Crippen molar-refractivity contribution in [1.82, 2.24) is 9.21 Å². The van der Waals surface area contributed by atoms with Gasteiger partial charge in [0.05, 0.1) is 4.92 Å². The summed E-state index contributed by atoms with van der Waals surface area (Å²) in [5, 5.41) is 11.0. The first-order chi connectivity index (χ1) is 9.66. The first-order valence-electron chi connectivity index (χ1n) is 6.21. The molecule has 0 bridgehead atoms. The molecule has 118 valence electrons. The Kier molecular flexibility index (Phi) is 6.26. The number of sulfonamides is 1. The van der Waals surface area contributed by atoms with Gasteiger partial charge in [-0.15, -0.1) is 0 Å². The number of hydrogen-bond donors (Lipinski definition) is 0. The zero-order chi connectivity index (χ0) is 16.2. The standard InChI is InChI=1S/C12H18BrN3O4S/c1-14(2)7-4-8-15(3)21(19,20)12-9-10(13)5-6-11(12)16(17)18/h5-6,9H,4,7-8H2,1-3H3. The lowest BCUT2D eigenvalue weighted by Crippen LogP contribution is -2.30. The van der Waals surface area contributed by atoms with E-state index in [1.54, 1.807) is 0 Å². The monoisotopic (exact) mass is 379 g/mol. The second-order valence-corrected chi connectivity index (χ2v) is 7.78. The van der Waals surface area contributed by atoms with E-state index in [9.17, 15) is 18.5 Å². The van der Waals surface area contributed by atoms with Crippen molar-refractivity contribution in [3.05, 3.63) is 32.8 Å². The van der Waals surface area contributed by atoms with E-state index in [2.05, 4.69) is 15.9 Å². The molecule has 0 spiro atoms. The number of halogens is 1. The third kappa shape index (κ3) is 4.73. The van der Waals surface area contributed by atoms with Crippen LogP contribution < -0.4 is 0 Å². The van der Waals surface area contributed by atoms with Gasteiger partial charge in [-0.3, -0.25) is 10.1 Å². The van der Waals surface area contributed by atoms with Gasteiger partial charge in [-0.25, -0.2) is 12.7 Å². The summed E-state index contributed by atoms with van der Waals surface area (Å²) < 4.78 is 26.6. The van der Waals surface area contributed by atoms with Crippen molar-refractivity contribution in [3.8, 4) is 0 Å². The Balaban J connectivity index is 3.07. The van der Waals surface area contributed by atoms with E-state index in [0.717, 1.165) is 10.8 Å². The molecule has 0 saturated heterocycles. The van der Waals surface area contributed by atoms with Crippen molar-refractivity contribution in [2.45, 2.75) is 11.3 Å². The fourth-order valence-corrected chi connectivity index (χ4v) is 3.64. The van der Waals surface area contributed by atoms with E-state index < -0.39 is 20.6 Å². The van der Waals surface area contributed by atoms with Gasteiger partial charge in [-0.1, -0.05) is 15.9 Å². The molecule has 0 aliphatic heterocycles. The topological polar surface area (TPSA) is 83.8 Å². The molecule has 0 aromatic heterocycles. The predicted octanol–water partition coefficient (Wildman–Crippen LogP) is 1.93. The Morgan fingerprint density at radius 1 is 1.24 bits per heavy atom.